The zero-order chi connectivity index (χ0) is 22.2. The van der Waals surface area contributed by atoms with Crippen molar-refractivity contribution in [2.45, 2.75) is 162 Å². The zero-order valence-electron chi connectivity index (χ0n) is 21.5. The van der Waals surface area contributed by atoms with Crippen molar-refractivity contribution in [3.63, 3.8) is 0 Å². The summed E-state index contributed by atoms with van der Waals surface area (Å²) in [7, 11) is -1.91. The smallest absolute Gasteiger partial charge is 0.0877 e. The molecule has 0 N–H and O–H groups in total. The molecule has 0 spiro atoms. The Kier molecular flexibility index (Phi) is 24.1. The van der Waals surface area contributed by atoms with E-state index in [1.807, 2.05) is 0 Å². The molecule has 0 bridgehead atoms. The first-order valence-electron chi connectivity index (χ1n) is 14.3. The second-order valence-corrected chi connectivity index (χ2v) is 13.4. The van der Waals surface area contributed by atoms with Crippen LogP contribution in [0.2, 0.25) is 0 Å². The maximum absolute atomic E-state index is 13.7. The molecule has 0 aliphatic carbocycles. The normalized spacial score (nSPS) is 12.0. The molecule has 0 aromatic carbocycles. The minimum absolute atomic E-state index is 1.05. The molecule has 182 valence electrons. The quantitative estimate of drug-likeness (QED) is 0.101. The molecule has 0 amide bonds. The van der Waals surface area contributed by atoms with Crippen LogP contribution in [0.1, 0.15) is 162 Å². The van der Waals surface area contributed by atoms with E-state index in [-0.39, 0.29) is 0 Å². The zero-order valence-corrected chi connectivity index (χ0v) is 22.4. The van der Waals surface area contributed by atoms with E-state index in [1.54, 1.807) is 0 Å². The van der Waals surface area contributed by atoms with Crippen LogP contribution >= 0.6 is 7.14 Å². The van der Waals surface area contributed by atoms with Crippen LogP contribution in [0.3, 0.4) is 0 Å². The van der Waals surface area contributed by atoms with E-state index >= 15 is 0 Å². The van der Waals surface area contributed by atoms with E-state index < -0.39 is 7.14 Å². The molecule has 0 unspecified atom stereocenters. The van der Waals surface area contributed by atoms with Gasteiger partial charge in [-0.3, -0.25) is 0 Å². The Morgan fingerprint density at radius 2 is 0.533 bits per heavy atom. The van der Waals surface area contributed by atoms with Crippen LogP contribution in [0.4, 0.5) is 0 Å². The lowest BCUT2D eigenvalue weighted by molar-refractivity contribution is 0.551. The molecule has 0 aliphatic heterocycles. The molecule has 0 rings (SSSR count). The van der Waals surface area contributed by atoms with Crippen molar-refractivity contribution in [1.29, 1.82) is 0 Å². The summed E-state index contributed by atoms with van der Waals surface area (Å²) in [6.45, 7) is 6.85. The Morgan fingerprint density at radius 1 is 0.333 bits per heavy atom. The Hall–Kier alpha value is 0.230. The number of rotatable bonds is 25. The number of hydrogen-bond acceptors (Lipinski definition) is 1. The lowest BCUT2D eigenvalue weighted by Gasteiger charge is -2.18. The molecule has 2 heteroatoms. The van der Waals surface area contributed by atoms with Crippen molar-refractivity contribution >= 4 is 7.14 Å². The van der Waals surface area contributed by atoms with Gasteiger partial charge in [0.05, 0.1) is 7.14 Å². The first-order chi connectivity index (χ1) is 14.7. The molecule has 0 radical (unpaired) electrons. The van der Waals surface area contributed by atoms with Gasteiger partial charge >= 0.3 is 0 Å². The Labute approximate surface area is 192 Å². The van der Waals surface area contributed by atoms with Gasteiger partial charge in [0.1, 0.15) is 0 Å². The highest BCUT2D eigenvalue weighted by atomic mass is 31.2. The summed E-state index contributed by atoms with van der Waals surface area (Å²) in [6, 6.07) is 0. The van der Waals surface area contributed by atoms with Gasteiger partial charge in [0.15, 0.2) is 0 Å². The van der Waals surface area contributed by atoms with E-state index in [9.17, 15) is 4.57 Å². The maximum atomic E-state index is 13.7. The first kappa shape index (κ1) is 30.2. The SMILES string of the molecule is CCCCCCCCCCP(=O)(CCCCCCCC)CCCCCCCCCC. The van der Waals surface area contributed by atoms with E-state index in [4.69, 9.17) is 0 Å². The first-order valence-corrected chi connectivity index (χ1v) is 16.5. The monoisotopic (exact) mass is 442 g/mol. The van der Waals surface area contributed by atoms with Crippen LogP contribution in [-0.2, 0) is 4.57 Å². The molecule has 0 heterocycles. The average molecular weight is 443 g/mol. The minimum Gasteiger partial charge on any atom is -0.324 e. The van der Waals surface area contributed by atoms with Crippen LogP contribution in [0.15, 0.2) is 0 Å². The lowest BCUT2D eigenvalue weighted by Crippen LogP contribution is -2.02. The summed E-state index contributed by atoms with van der Waals surface area (Å²) >= 11 is 0. The summed E-state index contributed by atoms with van der Waals surface area (Å²) in [6.07, 6.45) is 32.7. The predicted molar refractivity (Wildman–Crippen MR) is 141 cm³/mol. The Balaban J connectivity index is 4.03. The number of unbranched alkanes of at least 4 members (excludes halogenated alkanes) is 19. The summed E-state index contributed by atoms with van der Waals surface area (Å²) < 4.78 is 13.7. The van der Waals surface area contributed by atoms with Crippen molar-refractivity contribution < 1.29 is 4.57 Å². The molecular weight excluding hydrogens is 383 g/mol. The van der Waals surface area contributed by atoms with Gasteiger partial charge < -0.3 is 4.57 Å². The summed E-state index contributed by atoms with van der Waals surface area (Å²) in [5.41, 5.74) is 0. The van der Waals surface area contributed by atoms with Crippen LogP contribution in [0.25, 0.3) is 0 Å². The van der Waals surface area contributed by atoms with Gasteiger partial charge in [-0.15, -0.1) is 0 Å². The van der Waals surface area contributed by atoms with Crippen LogP contribution in [0.5, 0.6) is 0 Å². The second-order valence-electron chi connectivity index (χ2n) is 9.95. The van der Waals surface area contributed by atoms with Gasteiger partial charge in [-0.2, -0.15) is 0 Å². The summed E-state index contributed by atoms with van der Waals surface area (Å²) in [4.78, 5) is 0. The maximum Gasteiger partial charge on any atom is 0.0877 e. The standard InChI is InChI=1S/C28H59OP/c1-4-7-10-13-16-18-21-24-27-30(29,26-23-20-15-12-9-6-3)28-25-22-19-17-14-11-8-5-2/h4-28H2,1-3H3. The fraction of sp³-hybridized carbons (Fsp3) is 1.00. The fourth-order valence-corrected chi connectivity index (χ4v) is 7.65. The number of hydrogen-bond donors (Lipinski definition) is 0. The van der Waals surface area contributed by atoms with Crippen molar-refractivity contribution in [3.05, 3.63) is 0 Å². The summed E-state index contributed by atoms with van der Waals surface area (Å²) in [5.74, 6) is 0. The predicted octanol–water partition coefficient (Wildman–Crippen LogP) is 11.0. The topological polar surface area (TPSA) is 17.1 Å². The van der Waals surface area contributed by atoms with E-state index in [0.29, 0.717) is 0 Å². The van der Waals surface area contributed by atoms with Gasteiger partial charge in [0, 0.05) is 18.5 Å². The molecule has 0 fully saturated rings. The van der Waals surface area contributed by atoms with Crippen LogP contribution < -0.4 is 0 Å². The highest BCUT2D eigenvalue weighted by Crippen LogP contribution is 2.48. The van der Waals surface area contributed by atoms with Gasteiger partial charge in [-0.1, -0.05) is 143 Å². The van der Waals surface area contributed by atoms with E-state index in [2.05, 4.69) is 20.8 Å². The van der Waals surface area contributed by atoms with Crippen LogP contribution in [-0.4, -0.2) is 18.5 Å². The fourth-order valence-electron chi connectivity index (χ4n) is 4.58. The third-order valence-corrected chi connectivity index (χ3v) is 10.2. The van der Waals surface area contributed by atoms with Gasteiger partial charge in [0.2, 0.25) is 0 Å². The van der Waals surface area contributed by atoms with Gasteiger partial charge in [-0.05, 0) is 19.3 Å². The van der Waals surface area contributed by atoms with Crippen molar-refractivity contribution in [2.24, 2.45) is 0 Å². The van der Waals surface area contributed by atoms with Gasteiger partial charge in [-0.25, -0.2) is 0 Å². The lowest BCUT2D eigenvalue weighted by atomic mass is 10.1. The average Bonchev–Trinajstić information content (AvgIpc) is 2.74. The molecule has 0 aliphatic rings. The molecule has 0 saturated heterocycles. The Morgan fingerprint density at radius 3 is 0.767 bits per heavy atom. The second kappa shape index (κ2) is 23.9. The molecular formula is C28H59OP. The summed E-state index contributed by atoms with van der Waals surface area (Å²) in [5, 5.41) is 0. The van der Waals surface area contributed by atoms with Crippen molar-refractivity contribution in [1.82, 2.24) is 0 Å². The molecule has 0 aromatic heterocycles. The van der Waals surface area contributed by atoms with Crippen LogP contribution in [0, 0.1) is 0 Å². The minimum atomic E-state index is -1.91. The largest absolute Gasteiger partial charge is 0.324 e. The highest BCUT2D eigenvalue weighted by molar-refractivity contribution is 7.63. The molecule has 0 atom stereocenters. The van der Waals surface area contributed by atoms with Crippen molar-refractivity contribution in [3.8, 4) is 0 Å². The molecule has 1 nitrogen and oxygen atoms in total. The Bertz CT molecular complexity index is 342. The highest BCUT2D eigenvalue weighted by Gasteiger charge is 2.20. The van der Waals surface area contributed by atoms with Gasteiger partial charge in [0.25, 0.3) is 0 Å². The molecule has 0 aromatic rings. The molecule has 0 saturated carbocycles. The van der Waals surface area contributed by atoms with E-state index in [1.165, 1.54) is 141 Å². The van der Waals surface area contributed by atoms with E-state index in [0.717, 1.165) is 18.5 Å². The molecule has 30 heavy (non-hydrogen) atoms. The van der Waals surface area contributed by atoms with Crippen molar-refractivity contribution in [2.75, 3.05) is 18.5 Å². The third kappa shape index (κ3) is 21.5. The third-order valence-electron chi connectivity index (χ3n) is 6.76.